The third-order valence-electron chi connectivity index (χ3n) is 6.17. The summed E-state index contributed by atoms with van der Waals surface area (Å²) in [5, 5.41) is 6.91. The summed E-state index contributed by atoms with van der Waals surface area (Å²) < 4.78 is 5.95. The predicted molar refractivity (Wildman–Crippen MR) is 113 cm³/mol. The lowest BCUT2D eigenvalue weighted by atomic mass is 9.96. The molecular formula is C21H32N6O2. The molecule has 158 valence electrons. The fraction of sp³-hybridized carbons (Fsp3) is 0.667. The van der Waals surface area contributed by atoms with Crippen LogP contribution in [0.2, 0.25) is 0 Å². The molecule has 4 rings (SSSR count). The zero-order chi connectivity index (χ0) is 20.2. The highest BCUT2D eigenvalue weighted by Gasteiger charge is 2.41. The molecule has 4 heterocycles. The van der Waals surface area contributed by atoms with E-state index in [9.17, 15) is 4.79 Å². The second-order valence-corrected chi connectivity index (χ2v) is 8.23. The smallest absolute Gasteiger partial charge is 0.222 e. The third kappa shape index (κ3) is 4.63. The van der Waals surface area contributed by atoms with Crippen LogP contribution in [0.5, 0.6) is 0 Å². The Kier molecular flexibility index (Phi) is 6.18. The van der Waals surface area contributed by atoms with Crippen molar-refractivity contribution in [1.29, 1.82) is 0 Å². The van der Waals surface area contributed by atoms with Crippen molar-refractivity contribution in [1.82, 2.24) is 15.6 Å². The van der Waals surface area contributed by atoms with Gasteiger partial charge in [-0.2, -0.15) is 0 Å². The van der Waals surface area contributed by atoms with E-state index in [1.54, 1.807) is 6.20 Å². The molecule has 8 nitrogen and oxygen atoms in total. The van der Waals surface area contributed by atoms with Crippen molar-refractivity contribution in [3.8, 4) is 0 Å². The summed E-state index contributed by atoms with van der Waals surface area (Å²) in [6.45, 7) is 4.92. The molecule has 1 aromatic rings. The predicted octanol–water partition coefficient (Wildman–Crippen LogP) is 1.16. The first-order valence-corrected chi connectivity index (χ1v) is 10.8. The number of pyridine rings is 1. The highest BCUT2D eigenvalue weighted by molar-refractivity contribution is 5.80. The van der Waals surface area contributed by atoms with Crippen LogP contribution in [0, 0.1) is 5.92 Å². The Morgan fingerprint density at radius 3 is 3.03 bits per heavy atom. The summed E-state index contributed by atoms with van der Waals surface area (Å²) in [5.74, 6) is 1.38. The summed E-state index contributed by atoms with van der Waals surface area (Å²) in [6.07, 6.45) is 7.66. The fourth-order valence-electron chi connectivity index (χ4n) is 4.69. The van der Waals surface area contributed by atoms with Gasteiger partial charge in [0.2, 0.25) is 5.91 Å². The number of nitrogens with one attached hydrogen (secondary N) is 2. The molecule has 1 amide bonds. The van der Waals surface area contributed by atoms with Gasteiger partial charge < -0.3 is 26.0 Å². The second-order valence-electron chi connectivity index (χ2n) is 8.23. The SMILES string of the molecule is CCNC(=NCc1cccnc1N1CCCC(C(N)=O)C1)NC1CC2CCC1O2. The molecule has 1 aromatic heterocycles. The Morgan fingerprint density at radius 2 is 2.31 bits per heavy atom. The number of carbonyl (C=O) groups is 1. The number of aliphatic imine (C=N–C) groups is 1. The number of rotatable bonds is 6. The number of hydrogen-bond donors (Lipinski definition) is 3. The van der Waals surface area contributed by atoms with Crippen LogP contribution < -0.4 is 21.3 Å². The number of guanidine groups is 1. The van der Waals surface area contributed by atoms with Gasteiger partial charge in [-0.15, -0.1) is 0 Å². The Labute approximate surface area is 172 Å². The zero-order valence-electron chi connectivity index (χ0n) is 17.1. The summed E-state index contributed by atoms with van der Waals surface area (Å²) in [4.78, 5) is 23.2. The monoisotopic (exact) mass is 400 g/mol. The van der Waals surface area contributed by atoms with Crippen LogP contribution in [-0.4, -0.2) is 54.7 Å². The van der Waals surface area contributed by atoms with E-state index >= 15 is 0 Å². The number of primary amides is 1. The molecule has 8 heteroatoms. The minimum atomic E-state index is -0.225. The molecule has 0 spiro atoms. The first kappa shape index (κ1) is 19.9. The number of piperidine rings is 1. The second kappa shape index (κ2) is 8.98. The van der Waals surface area contributed by atoms with Gasteiger partial charge in [0.25, 0.3) is 0 Å². The van der Waals surface area contributed by atoms with Crippen molar-refractivity contribution in [2.24, 2.45) is 16.6 Å². The van der Waals surface area contributed by atoms with E-state index in [0.717, 1.165) is 56.1 Å². The van der Waals surface area contributed by atoms with Gasteiger partial charge in [-0.3, -0.25) is 4.79 Å². The molecule has 3 aliphatic rings. The average Bonchev–Trinajstić information content (AvgIpc) is 3.36. The normalized spacial score (nSPS) is 29.1. The molecule has 4 atom stereocenters. The van der Waals surface area contributed by atoms with E-state index in [1.807, 2.05) is 6.07 Å². The Bertz CT molecular complexity index is 754. The highest BCUT2D eigenvalue weighted by atomic mass is 16.5. The van der Waals surface area contributed by atoms with E-state index in [0.29, 0.717) is 31.3 Å². The minimum Gasteiger partial charge on any atom is -0.373 e. The molecule has 29 heavy (non-hydrogen) atoms. The molecule has 4 N–H and O–H groups in total. The van der Waals surface area contributed by atoms with Crippen LogP contribution in [0.25, 0.3) is 0 Å². The molecule has 2 bridgehead atoms. The van der Waals surface area contributed by atoms with Crippen LogP contribution in [-0.2, 0) is 16.1 Å². The standard InChI is InChI=1S/C21H32N6O2/c1-2-23-21(26-17-11-16-7-8-18(17)29-16)25-12-14-5-3-9-24-20(14)27-10-4-6-15(13-27)19(22)28/h3,5,9,15-18H,2,4,6-8,10-13H2,1H3,(H2,22,28)(H2,23,25,26). The van der Waals surface area contributed by atoms with Gasteiger partial charge in [-0.05, 0) is 45.1 Å². The van der Waals surface area contributed by atoms with Crippen LogP contribution in [0.15, 0.2) is 23.3 Å². The van der Waals surface area contributed by atoms with Gasteiger partial charge in [-0.1, -0.05) is 6.07 Å². The topological polar surface area (TPSA) is 105 Å². The van der Waals surface area contributed by atoms with E-state index < -0.39 is 0 Å². The van der Waals surface area contributed by atoms with Gasteiger partial charge in [0.05, 0.1) is 30.7 Å². The molecule has 3 fully saturated rings. The van der Waals surface area contributed by atoms with Gasteiger partial charge >= 0.3 is 0 Å². The van der Waals surface area contributed by atoms with Gasteiger partial charge in [-0.25, -0.2) is 9.98 Å². The molecule has 0 saturated carbocycles. The number of anilines is 1. The number of aromatic nitrogens is 1. The lowest BCUT2D eigenvalue weighted by Crippen LogP contribution is -2.47. The molecule has 3 aliphatic heterocycles. The lowest BCUT2D eigenvalue weighted by Gasteiger charge is -2.33. The van der Waals surface area contributed by atoms with Crippen molar-refractivity contribution in [3.63, 3.8) is 0 Å². The number of nitrogens with two attached hydrogens (primary N) is 1. The first-order chi connectivity index (χ1) is 14.1. The van der Waals surface area contributed by atoms with E-state index in [-0.39, 0.29) is 11.8 Å². The molecule has 3 saturated heterocycles. The minimum absolute atomic E-state index is 0.112. The quantitative estimate of drug-likeness (QED) is 0.489. The largest absolute Gasteiger partial charge is 0.373 e. The Morgan fingerprint density at radius 1 is 1.41 bits per heavy atom. The maximum Gasteiger partial charge on any atom is 0.222 e. The molecular weight excluding hydrogens is 368 g/mol. The van der Waals surface area contributed by atoms with Gasteiger partial charge in [0.1, 0.15) is 5.82 Å². The van der Waals surface area contributed by atoms with Crippen molar-refractivity contribution < 1.29 is 9.53 Å². The number of hydrogen-bond acceptors (Lipinski definition) is 5. The van der Waals surface area contributed by atoms with Crippen LogP contribution in [0.3, 0.4) is 0 Å². The van der Waals surface area contributed by atoms with E-state index in [2.05, 4.69) is 33.5 Å². The summed E-state index contributed by atoms with van der Waals surface area (Å²) in [5.41, 5.74) is 6.60. The van der Waals surface area contributed by atoms with Crippen LogP contribution in [0.1, 0.15) is 44.6 Å². The van der Waals surface area contributed by atoms with Crippen molar-refractivity contribution in [2.45, 2.75) is 63.8 Å². The average molecular weight is 401 g/mol. The number of ether oxygens (including phenoxy) is 1. The molecule has 0 aliphatic carbocycles. The molecule has 0 radical (unpaired) electrons. The Hall–Kier alpha value is -2.35. The van der Waals surface area contributed by atoms with Crippen molar-refractivity contribution >= 4 is 17.7 Å². The number of amides is 1. The maximum atomic E-state index is 11.6. The lowest BCUT2D eigenvalue weighted by molar-refractivity contribution is -0.122. The van der Waals surface area contributed by atoms with E-state index in [4.69, 9.17) is 15.5 Å². The summed E-state index contributed by atoms with van der Waals surface area (Å²) >= 11 is 0. The zero-order valence-corrected chi connectivity index (χ0v) is 17.1. The molecule has 0 aromatic carbocycles. The summed E-state index contributed by atoms with van der Waals surface area (Å²) in [7, 11) is 0. The first-order valence-electron chi connectivity index (χ1n) is 10.8. The van der Waals surface area contributed by atoms with Crippen LogP contribution >= 0.6 is 0 Å². The Balaban J connectivity index is 1.45. The maximum absolute atomic E-state index is 11.6. The number of carbonyl (C=O) groups excluding carboxylic acids is 1. The number of nitrogens with zero attached hydrogens (tertiary/aromatic N) is 3. The third-order valence-corrected chi connectivity index (χ3v) is 6.17. The van der Waals surface area contributed by atoms with E-state index in [1.165, 1.54) is 6.42 Å². The molecule has 4 unspecified atom stereocenters. The van der Waals surface area contributed by atoms with Crippen LogP contribution in [0.4, 0.5) is 5.82 Å². The van der Waals surface area contributed by atoms with Gasteiger partial charge in [0.15, 0.2) is 5.96 Å². The van der Waals surface area contributed by atoms with Crippen molar-refractivity contribution in [3.05, 3.63) is 23.9 Å². The number of fused-ring (bicyclic) bond motifs is 2. The highest BCUT2D eigenvalue weighted by Crippen LogP contribution is 2.34. The summed E-state index contributed by atoms with van der Waals surface area (Å²) in [6, 6.07) is 4.33. The van der Waals surface area contributed by atoms with Gasteiger partial charge in [0, 0.05) is 31.4 Å². The fourth-order valence-corrected chi connectivity index (χ4v) is 4.69. The van der Waals surface area contributed by atoms with Crippen molar-refractivity contribution in [2.75, 3.05) is 24.5 Å².